The second-order valence-electron chi connectivity index (χ2n) is 5.97. The first-order valence-electron chi connectivity index (χ1n) is 5.35. The largest absolute Gasteiger partial charge is 0.390 e. The van der Waals surface area contributed by atoms with Crippen LogP contribution in [0.1, 0.15) is 60.8 Å². The number of aliphatic hydroxyl groups is 1. The minimum absolute atomic E-state index is 0.402. The molecule has 0 aromatic carbocycles. The van der Waals surface area contributed by atoms with E-state index in [0.29, 0.717) is 5.41 Å². The van der Waals surface area contributed by atoms with Crippen molar-refractivity contribution < 1.29 is 5.11 Å². The van der Waals surface area contributed by atoms with Crippen LogP contribution in [-0.4, -0.2) is 10.7 Å². The summed E-state index contributed by atoms with van der Waals surface area (Å²) in [5.41, 5.74) is -0.0861. The molecule has 0 aromatic heterocycles. The van der Waals surface area contributed by atoms with Gasteiger partial charge >= 0.3 is 0 Å². The van der Waals surface area contributed by atoms with E-state index >= 15 is 0 Å². The van der Waals surface area contributed by atoms with Crippen molar-refractivity contribution >= 4 is 0 Å². The fourth-order valence-electron chi connectivity index (χ4n) is 1.27. The summed E-state index contributed by atoms with van der Waals surface area (Å²) in [6, 6.07) is 0. The van der Waals surface area contributed by atoms with Gasteiger partial charge in [-0.3, -0.25) is 0 Å². The highest BCUT2D eigenvalue weighted by Crippen LogP contribution is 2.30. The fraction of sp³-hybridized carbons (Fsp3) is 1.00. The van der Waals surface area contributed by atoms with Gasteiger partial charge in [0.25, 0.3) is 0 Å². The number of hydrogen-bond donors (Lipinski definition) is 1. The third-order valence-corrected chi connectivity index (χ3v) is 2.90. The maximum atomic E-state index is 9.53. The molecule has 1 heteroatoms. The molecule has 0 unspecified atom stereocenters. The van der Waals surface area contributed by atoms with E-state index in [1.807, 2.05) is 13.8 Å². The monoisotopic (exact) mass is 186 g/mol. The van der Waals surface area contributed by atoms with Gasteiger partial charge in [0.2, 0.25) is 0 Å². The predicted octanol–water partition coefficient (Wildman–Crippen LogP) is 3.61. The standard InChI is InChI=1S/C12H26O/c1-10(11(2,3)4)8-7-9-12(5,6)13/h10,13H,7-9H2,1-6H3/t10-/m1/s1. The number of rotatable bonds is 4. The van der Waals surface area contributed by atoms with Crippen molar-refractivity contribution in [2.75, 3.05) is 0 Å². The molecule has 0 aliphatic heterocycles. The summed E-state index contributed by atoms with van der Waals surface area (Å²) in [5.74, 6) is 0.731. The Hall–Kier alpha value is -0.0400. The predicted molar refractivity (Wildman–Crippen MR) is 58.8 cm³/mol. The maximum Gasteiger partial charge on any atom is 0.0591 e. The summed E-state index contributed by atoms with van der Waals surface area (Å²) in [5, 5.41) is 9.53. The number of hydrogen-bond acceptors (Lipinski definition) is 1. The summed E-state index contributed by atoms with van der Waals surface area (Å²) < 4.78 is 0. The molecular formula is C12H26O. The second kappa shape index (κ2) is 4.45. The minimum atomic E-state index is -0.488. The van der Waals surface area contributed by atoms with Crippen LogP contribution in [0.5, 0.6) is 0 Å². The van der Waals surface area contributed by atoms with Crippen LogP contribution in [0.3, 0.4) is 0 Å². The molecule has 0 amide bonds. The van der Waals surface area contributed by atoms with Gasteiger partial charge in [-0.25, -0.2) is 0 Å². The summed E-state index contributed by atoms with van der Waals surface area (Å²) in [6.45, 7) is 12.9. The smallest absolute Gasteiger partial charge is 0.0591 e. The molecule has 80 valence electrons. The van der Waals surface area contributed by atoms with Crippen LogP contribution in [0.25, 0.3) is 0 Å². The molecule has 0 aliphatic carbocycles. The normalized spacial score (nSPS) is 15.9. The van der Waals surface area contributed by atoms with Gasteiger partial charge < -0.3 is 5.11 Å². The van der Waals surface area contributed by atoms with Crippen LogP contribution in [0.4, 0.5) is 0 Å². The van der Waals surface area contributed by atoms with Crippen molar-refractivity contribution in [3.63, 3.8) is 0 Å². The van der Waals surface area contributed by atoms with Crippen LogP contribution in [-0.2, 0) is 0 Å². The molecule has 1 N–H and O–H groups in total. The van der Waals surface area contributed by atoms with Crippen molar-refractivity contribution in [2.24, 2.45) is 11.3 Å². The molecule has 0 fully saturated rings. The first-order valence-corrected chi connectivity index (χ1v) is 5.35. The lowest BCUT2D eigenvalue weighted by molar-refractivity contribution is 0.0647. The van der Waals surface area contributed by atoms with Crippen LogP contribution in [0.15, 0.2) is 0 Å². The van der Waals surface area contributed by atoms with Gasteiger partial charge in [-0.1, -0.05) is 40.5 Å². The lowest BCUT2D eigenvalue weighted by atomic mass is 9.79. The van der Waals surface area contributed by atoms with Gasteiger partial charge in [0.15, 0.2) is 0 Å². The first kappa shape index (κ1) is 13.0. The average molecular weight is 186 g/mol. The molecular weight excluding hydrogens is 160 g/mol. The zero-order chi connectivity index (χ0) is 10.7. The SMILES string of the molecule is C[C@H](CCCC(C)(C)O)C(C)(C)C. The molecule has 0 aromatic rings. The second-order valence-corrected chi connectivity index (χ2v) is 5.97. The Morgan fingerprint density at radius 3 is 1.85 bits per heavy atom. The van der Waals surface area contributed by atoms with E-state index in [1.54, 1.807) is 0 Å². The summed E-state index contributed by atoms with van der Waals surface area (Å²) >= 11 is 0. The van der Waals surface area contributed by atoms with E-state index in [9.17, 15) is 5.11 Å². The van der Waals surface area contributed by atoms with E-state index in [2.05, 4.69) is 27.7 Å². The van der Waals surface area contributed by atoms with Gasteiger partial charge in [-0.05, 0) is 31.6 Å². The van der Waals surface area contributed by atoms with Crippen molar-refractivity contribution in [2.45, 2.75) is 66.4 Å². The first-order chi connectivity index (χ1) is 5.63. The van der Waals surface area contributed by atoms with E-state index in [0.717, 1.165) is 18.8 Å². The maximum absolute atomic E-state index is 9.53. The lowest BCUT2D eigenvalue weighted by Gasteiger charge is -2.28. The molecule has 13 heavy (non-hydrogen) atoms. The third-order valence-electron chi connectivity index (χ3n) is 2.90. The lowest BCUT2D eigenvalue weighted by Crippen LogP contribution is -2.21. The van der Waals surface area contributed by atoms with Gasteiger partial charge in [0, 0.05) is 0 Å². The van der Waals surface area contributed by atoms with Crippen LogP contribution in [0.2, 0.25) is 0 Å². The fourth-order valence-corrected chi connectivity index (χ4v) is 1.27. The highest BCUT2D eigenvalue weighted by molar-refractivity contribution is 4.72. The van der Waals surface area contributed by atoms with Crippen molar-refractivity contribution in [3.05, 3.63) is 0 Å². The molecule has 0 bridgehead atoms. The van der Waals surface area contributed by atoms with Crippen molar-refractivity contribution in [1.82, 2.24) is 0 Å². The van der Waals surface area contributed by atoms with Gasteiger partial charge in [0.1, 0.15) is 0 Å². The Morgan fingerprint density at radius 1 is 1.08 bits per heavy atom. The molecule has 0 aliphatic rings. The molecule has 0 radical (unpaired) electrons. The van der Waals surface area contributed by atoms with E-state index in [4.69, 9.17) is 0 Å². The topological polar surface area (TPSA) is 20.2 Å². The zero-order valence-corrected chi connectivity index (χ0v) is 10.1. The summed E-state index contributed by atoms with van der Waals surface area (Å²) in [7, 11) is 0. The van der Waals surface area contributed by atoms with E-state index < -0.39 is 5.60 Å². The molecule has 1 nitrogen and oxygen atoms in total. The molecule has 0 heterocycles. The van der Waals surface area contributed by atoms with Gasteiger partial charge in [0.05, 0.1) is 5.60 Å². The van der Waals surface area contributed by atoms with E-state index in [1.165, 1.54) is 6.42 Å². The molecule has 0 saturated carbocycles. The van der Waals surface area contributed by atoms with Crippen LogP contribution < -0.4 is 0 Å². The Kier molecular flexibility index (Phi) is 4.44. The third kappa shape index (κ3) is 7.06. The Morgan fingerprint density at radius 2 is 1.54 bits per heavy atom. The van der Waals surface area contributed by atoms with E-state index in [-0.39, 0.29) is 0 Å². The summed E-state index contributed by atoms with van der Waals surface area (Å²) in [4.78, 5) is 0. The molecule has 0 saturated heterocycles. The zero-order valence-electron chi connectivity index (χ0n) is 10.1. The Bertz CT molecular complexity index is 136. The van der Waals surface area contributed by atoms with Crippen molar-refractivity contribution in [1.29, 1.82) is 0 Å². The molecule has 0 spiro atoms. The molecule has 1 atom stereocenters. The van der Waals surface area contributed by atoms with Crippen LogP contribution >= 0.6 is 0 Å². The molecule has 0 rings (SSSR count). The van der Waals surface area contributed by atoms with Crippen molar-refractivity contribution in [3.8, 4) is 0 Å². The minimum Gasteiger partial charge on any atom is -0.390 e. The Balaban J connectivity index is 3.67. The quantitative estimate of drug-likeness (QED) is 0.711. The van der Waals surface area contributed by atoms with Gasteiger partial charge in [-0.15, -0.1) is 0 Å². The van der Waals surface area contributed by atoms with Gasteiger partial charge in [-0.2, -0.15) is 0 Å². The highest BCUT2D eigenvalue weighted by Gasteiger charge is 2.20. The van der Waals surface area contributed by atoms with Crippen LogP contribution in [0, 0.1) is 11.3 Å². The Labute approximate surface area is 83.5 Å². The highest BCUT2D eigenvalue weighted by atomic mass is 16.3. The average Bonchev–Trinajstić information content (AvgIpc) is 1.82. The summed E-state index contributed by atoms with van der Waals surface area (Å²) in [6.07, 6.45) is 3.25.